The van der Waals surface area contributed by atoms with E-state index in [1.165, 1.54) is 24.3 Å². The Morgan fingerprint density at radius 1 is 0.630 bits per heavy atom. The molecule has 1 unspecified atom stereocenters. The average molecular weight is 372 g/mol. The minimum atomic E-state index is -4.29. The van der Waals surface area contributed by atoms with E-state index in [9.17, 15) is 17.6 Å². The van der Waals surface area contributed by atoms with Crippen LogP contribution in [0.2, 0.25) is 0 Å². The predicted octanol–water partition coefficient (Wildman–Crippen LogP) is 6.50. The SMILES string of the molecule is Fc1ccc(CCc2ccc(CC(c3ccccc3)C(F)(F)F)cc2)cc1. The molecule has 0 aromatic heterocycles. The van der Waals surface area contributed by atoms with Crippen LogP contribution in [0, 0.1) is 5.82 Å². The summed E-state index contributed by atoms with van der Waals surface area (Å²) in [5.74, 6) is -1.77. The van der Waals surface area contributed by atoms with Gasteiger partial charge in [-0.25, -0.2) is 4.39 Å². The quantitative estimate of drug-likeness (QED) is 0.433. The first-order chi connectivity index (χ1) is 12.9. The van der Waals surface area contributed by atoms with Crippen LogP contribution in [0.25, 0.3) is 0 Å². The molecule has 0 aliphatic rings. The van der Waals surface area contributed by atoms with Crippen molar-refractivity contribution in [2.45, 2.75) is 31.4 Å². The Hall–Kier alpha value is -2.62. The van der Waals surface area contributed by atoms with Crippen molar-refractivity contribution in [3.8, 4) is 0 Å². The summed E-state index contributed by atoms with van der Waals surface area (Å²) in [6, 6.07) is 21.7. The standard InChI is InChI=1S/C23H20F4/c24-21-14-12-18(13-15-21)7-6-17-8-10-19(11-9-17)16-22(23(25,26)27)20-4-2-1-3-5-20/h1-5,8-15,22H,6-7,16H2. The van der Waals surface area contributed by atoms with Crippen molar-refractivity contribution in [1.29, 1.82) is 0 Å². The Bertz CT molecular complexity index is 834. The van der Waals surface area contributed by atoms with Crippen LogP contribution in [0.1, 0.15) is 28.2 Å². The van der Waals surface area contributed by atoms with Crippen molar-refractivity contribution in [2.24, 2.45) is 0 Å². The lowest BCUT2D eigenvalue weighted by atomic mass is 9.91. The molecular weight excluding hydrogens is 352 g/mol. The van der Waals surface area contributed by atoms with Crippen molar-refractivity contribution in [1.82, 2.24) is 0 Å². The molecule has 0 fully saturated rings. The monoisotopic (exact) mass is 372 g/mol. The third-order valence-corrected chi connectivity index (χ3v) is 4.68. The van der Waals surface area contributed by atoms with Crippen molar-refractivity contribution in [3.63, 3.8) is 0 Å². The van der Waals surface area contributed by atoms with Crippen LogP contribution >= 0.6 is 0 Å². The molecule has 0 bridgehead atoms. The molecule has 4 heteroatoms. The smallest absolute Gasteiger partial charge is 0.207 e. The number of hydrogen-bond acceptors (Lipinski definition) is 0. The number of alkyl halides is 3. The highest BCUT2D eigenvalue weighted by atomic mass is 19.4. The zero-order chi connectivity index (χ0) is 19.3. The second kappa shape index (κ2) is 8.38. The van der Waals surface area contributed by atoms with Crippen LogP contribution in [0.5, 0.6) is 0 Å². The average Bonchev–Trinajstić information content (AvgIpc) is 2.66. The van der Waals surface area contributed by atoms with E-state index in [0.717, 1.165) is 24.0 Å². The summed E-state index contributed by atoms with van der Waals surface area (Å²) in [5.41, 5.74) is 3.02. The molecular formula is C23H20F4. The van der Waals surface area contributed by atoms with Gasteiger partial charge < -0.3 is 0 Å². The Morgan fingerprint density at radius 2 is 1.11 bits per heavy atom. The zero-order valence-corrected chi connectivity index (χ0v) is 14.7. The second-order valence-corrected chi connectivity index (χ2v) is 6.65. The molecule has 0 radical (unpaired) electrons. The van der Waals surface area contributed by atoms with Gasteiger partial charge in [0.25, 0.3) is 0 Å². The van der Waals surface area contributed by atoms with Crippen molar-refractivity contribution < 1.29 is 17.6 Å². The molecule has 0 amide bonds. The van der Waals surface area contributed by atoms with E-state index in [2.05, 4.69) is 0 Å². The van der Waals surface area contributed by atoms with Crippen LogP contribution in [0.3, 0.4) is 0 Å². The maximum Gasteiger partial charge on any atom is 0.396 e. The van der Waals surface area contributed by atoms with Gasteiger partial charge in [0, 0.05) is 0 Å². The second-order valence-electron chi connectivity index (χ2n) is 6.65. The number of aryl methyl sites for hydroxylation is 2. The molecule has 0 saturated carbocycles. The van der Waals surface area contributed by atoms with Gasteiger partial charge in [-0.15, -0.1) is 0 Å². The third-order valence-electron chi connectivity index (χ3n) is 4.68. The molecule has 0 aliphatic heterocycles. The summed E-state index contributed by atoms with van der Waals surface area (Å²) in [5, 5.41) is 0. The summed E-state index contributed by atoms with van der Waals surface area (Å²) in [4.78, 5) is 0. The summed E-state index contributed by atoms with van der Waals surface area (Å²) in [7, 11) is 0. The maximum absolute atomic E-state index is 13.5. The molecule has 140 valence electrons. The van der Waals surface area contributed by atoms with Crippen LogP contribution in [-0.2, 0) is 19.3 Å². The van der Waals surface area contributed by atoms with Gasteiger partial charge in [0.1, 0.15) is 5.82 Å². The van der Waals surface area contributed by atoms with E-state index in [1.807, 2.05) is 12.1 Å². The van der Waals surface area contributed by atoms with Crippen LogP contribution in [0.15, 0.2) is 78.9 Å². The Morgan fingerprint density at radius 3 is 1.63 bits per heavy atom. The number of benzene rings is 3. The molecule has 1 atom stereocenters. The van der Waals surface area contributed by atoms with Gasteiger partial charge in [-0.05, 0) is 53.6 Å². The largest absolute Gasteiger partial charge is 0.396 e. The van der Waals surface area contributed by atoms with E-state index in [1.54, 1.807) is 42.5 Å². The van der Waals surface area contributed by atoms with Gasteiger partial charge in [0.05, 0.1) is 5.92 Å². The van der Waals surface area contributed by atoms with Gasteiger partial charge in [-0.3, -0.25) is 0 Å². The molecule has 3 aromatic carbocycles. The fourth-order valence-corrected chi connectivity index (χ4v) is 3.13. The highest BCUT2D eigenvalue weighted by Gasteiger charge is 2.40. The van der Waals surface area contributed by atoms with Gasteiger partial charge >= 0.3 is 6.18 Å². The topological polar surface area (TPSA) is 0 Å². The molecule has 0 heterocycles. The first-order valence-corrected chi connectivity index (χ1v) is 8.86. The lowest BCUT2D eigenvalue weighted by Crippen LogP contribution is -2.23. The molecule has 27 heavy (non-hydrogen) atoms. The third kappa shape index (κ3) is 5.43. The van der Waals surface area contributed by atoms with Gasteiger partial charge in [-0.1, -0.05) is 66.7 Å². The van der Waals surface area contributed by atoms with Crippen LogP contribution in [0.4, 0.5) is 17.6 Å². The fourth-order valence-electron chi connectivity index (χ4n) is 3.13. The van der Waals surface area contributed by atoms with Crippen molar-refractivity contribution >= 4 is 0 Å². The minimum Gasteiger partial charge on any atom is -0.207 e. The minimum absolute atomic E-state index is 0.0776. The highest BCUT2D eigenvalue weighted by Crippen LogP contribution is 2.37. The Labute approximate surface area is 156 Å². The van der Waals surface area contributed by atoms with Crippen LogP contribution < -0.4 is 0 Å². The van der Waals surface area contributed by atoms with E-state index in [0.29, 0.717) is 5.56 Å². The maximum atomic E-state index is 13.5. The molecule has 0 saturated heterocycles. The lowest BCUT2D eigenvalue weighted by Gasteiger charge is -2.21. The number of hydrogen-bond donors (Lipinski definition) is 0. The van der Waals surface area contributed by atoms with E-state index >= 15 is 0 Å². The van der Waals surface area contributed by atoms with Gasteiger partial charge in [0.15, 0.2) is 0 Å². The van der Waals surface area contributed by atoms with E-state index < -0.39 is 12.1 Å². The Kier molecular flexibility index (Phi) is 5.94. The highest BCUT2D eigenvalue weighted by molar-refractivity contribution is 5.29. The first kappa shape index (κ1) is 19.2. The fraction of sp³-hybridized carbons (Fsp3) is 0.217. The predicted molar refractivity (Wildman–Crippen MR) is 99.2 cm³/mol. The lowest BCUT2D eigenvalue weighted by molar-refractivity contribution is -0.150. The summed E-state index contributed by atoms with van der Waals surface area (Å²) < 4.78 is 53.4. The molecule has 3 aromatic rings. The molecule has 0 aliphatic carbocycles. The van der Waals surface area contributed by atoms with E-state index in [4.69, 9.17) is 0 Å². The van der Waals surface area contributed by atoms with E-state index in [-0.39, 0.29) is 17.8 Å². The zero-order valence-electron chi connectivity index (χ0n) is 14.7. The van der Waals surface area contributed by atoms with Crippen molar-refractivity contribution in [2.75, 3.05) is 0 Å². The molecule has 0 N–H and O–H groups in total. The van der Waals surface area contributed by atoms with Gasteiger partial charge in [0.2, 0.25) is 0 Å². The number of halogens is 4. The molecule has 3 rings (SSSR count). The summed E-state index contributed by atoms with van der Waals surface area (Å²) in [6.45, 7) is 0. The normalized spacial score (nSPS) is 12.7. The molecule has 0 spiro atoms. The van der Waals surface area contributed by atoms with Crippen molar-refractivity contribution in [3.05, 3.63) is 107 Å². The summed E-state index contributed by atoms with van der Waals surface area (Å²) >= 11 is 0. The molecule has 0 nitrogen and oxygen atoms in total. The Balaban J connectivity index is 1.66. The summed E-state index contributed by atoms with van der Waals surface area (Å²) in [6.07, 6.45) is -2.85. The number of rotatable bonds is 6. The van der Waals surface area contributed by atoms with Crippen LogP contribution in [-0.4, -0.2) is 6.18 Å². The first-order valence-electron chi connectivity index (χ1n) is 8.86. The van der Waals surface area contributed by atoms with Gasteiger partial charge in [-0.2, -0.15) is 13.2 Å².